The van der Waals surface area contributed by atoms with E-state index in [0.29, 0.717) is 17.6 Å². The summed E-state index contributed by atoms with van der Waals surface area (Å²) in [6, 6.07) is -0.204. The molecule has 0 saturated heterocycles. The maximum atomic E-state index is 6.00. The first-order chi connectivity index (χ1) is 7.72. The molecule has 6 heteroatoms. The lowest BCUT2D eigenvalue weighted by atomic mass is 10.0. The Kier molecular flexibility index (Phi) is 3.31. The van der Waals surface area contributed by atoms with Crippen LogP contribution in [0.25, 0.3) is 11.5 Å². The third-order valence-electron chi connectivity index (χ3n) is 2.65. The van der Waals surface area contributed by atoms with Gasteiger partial charge in [0.05, 0.1) is 11.6 Å². The van der Waals surface area contributed by atoms with Gasteiger partial charge in [0, 0.05) is 5.38 Å². The topological polar surface area (TPSA) is 77.8 Å². The maximum Gasteiger partial charge on any atom is 0.244 e. The van der Waals surface area contributed by atoms with Crippen molar-refractivity contribution in [3.8, 4) is 11.5 Å². The van der Waals surface area contributed by atoms with Gasteiger partial charge in [-0.05, 0) is 5.92 Å². The number of nitrogens with two attached hydrogens (primary N) is 1. The Balaban J connectivity index is 2.20. The third kappa shape index (κ3) is 2.12. The average Bonchev–Trinajstić information content (AvgIpc) is 2.96. The molecule has 2 N–H and O–H groups in total. The minimum absolute atomic E-state index is 0.204. The van der Waals surface area contributed by atoms with Crippen molar-refractivity contribution < 1.29 is 4.52 Å². The zero-order valence-corrected chi connectivity index (χ0v) is 10.1. The normalized spacial score (nSPS) is 14.9. The molecule has 0 aliphatic rings. The molecule has 2 aromatic heterocycles. The number of hydrogen-bond acceptors (Lipinski definition) is 6. The number of rotatable bonds is 4. The summed E-state index contributed by atoms with van der Waals surface area (Å²) in [6.45, 7) is 4.15. The fraction of sp³-hybridized carbons (Fsp3) is 0.500. The first kappa shape index (κ1) is 11.2. The van der Waals surface area contributed by atoms with Crippen LogP contribution in [-0.4, -0.2) is 15.1 Å². The highest BCUT2D eigenvalue weighted by atomic mass is 32.1. The monoisotopic (exact) mass is 238 g/mol. The van der Waals surface area contributed by atoms with Crippen LogP contribution in [0.4, 0.5) is 0 Å². The number of nitrogens with zero attached hydrogens (tertiary/aromatic N) is 3. The fourth-order valence-corrected chi connectivity index (χ4v) is 1.83. The Labute approximate surface area is 97.7 Å². The van der Waals surface area contributed by atoms with Crippen molar-refractivity contribution in [3.05, 3.63) is 16.8 Å². The highest BCUT2D eigenvalue weighted by Gasteiger charge is 2.20. The molecule has 0 bridgehead atoms. The second-order valence-electron chi connectivity index (χ2n) is 3.74. The molecular formula is C10H14N4OS. The van der Waals surface area contributed by atoms with E-state index in [1.165, 1.54) is 11.3 Å². The van der Waals surface area contributed by atoms with Crippen molar-refractivity contribution in [2.24, 2.45) is 11.7 Å². The minimum Gasteiger partial charge on any atom is -0.337 e. The smallest absolute Gasteiger partial charge is 0.244 e. The second-order valence-corrected chi connectivity index (χ2v) is 4.46. The Morgan fingerprint density at radius 1 is 1.56 bits per heavy atom. The van der Waals surface area contributed by atoms with Crippen molar-refractivity contribution in [2.75, 3.05) is 0 Å². The zero-order valence-electron chi connectivity index (χ0n) is 9.25. The molecule has 2 heterocycles. The van der Waals surface area contributed by atoms with E-state index in [9.17, 15) is 0 Å². The van der Waals surface area contributed by atoms with Gasteiger partial charge in [0.2, 0.25) is 11.7 Å². The van der Waals surface area contributed by atoms with Crippen LogP contribution in [0.15, 0.2) is 15.4 Å². The van der Waals surface area contributed by atoms with E-state index in [-0.39, 0.29) is 6.04 Å². The Bertz CT molecular complexity index is 439. The lowest BCUT2D eigenvalue weighted by Crippen LogP contribution is -2.18. The summed E-state index contributed by atoms with van der Waals surface area (Å²) in [4.78, 5) is 8.38. The van der Waals surface area contributed by atoms with Gasteiger partial charge in [-0.15, -0.1) is 11.3 Å². The lowest BCUT2D eigenvalue weighted by Gasteiger charge is -2.12. The quantitative estimate of drug-likeness (QED) is 0.883. The van der Waals surface area contributed by atoms with Gasteiger partial charge in [0.1, 0.15) is 5.69 Å². The summed E-state index contributed by atoms with van der Waals surface area (Å²) in [5.41, 5.74) is 8.47. The Hall–Kier alpha value is -1.27. The van der Waals surface area contributed by atoms with Crippen LogP contribution in [0, 0.1) is 5.92 Å². The number of hydrogen-bond donors (Lipinski definition) is 1. The molecule has 2 unspecified atom stereocenters. The van der Waals surface area contributed by atoms with Gasteiger partial charge in [-0.1, -0.05) is 25.4 Å². The molecule has 0 radical (unpaired) electrons. The van der Waals surface area contributed by atoms with Gasteiger partial charge in [-0.2, -0.15) is 4.98 Å². The largest absolute Gasteiger partial charge is 0.337 e. The van der Waals surface area contributed by atoms with E-state index in [0.717, 1.165) is 12.1 Å². The molecule has 16 heavy (non-hydrogen) atoms. The fourth-order valence-electron chi connectivity index (χ4n) is 1.29. The molecule has 86 valence electrons. The first-order valence-corrected chi connectivity index (χ1v) is 6.14. The molecular weight excluding hydrogens is 224 g/mol. The number of thiazole rings is 1. The van der Waals surface area contributed by atoms with Gasteiger partial charge in [-0.3, -0.25) is 0 Å². The van der Waals surface area contributed by atoms with E-state index < -0.39 is 0 Å². The van der Waals surface area contributed by atoms with Gasteiger partial charge in [0.25, 0.3) is 0 Å². The molecule has 2 rings (SSSR count). The molecule has 0 aromatic carbocycles. The van der Waals surface area contributed by atoms with Crippen molar-refractivity contribution in [2.45, 2.75) is 26.3 Å². The second kappa shape index (κ2) is 4.71. The van der Waals surface area contributed by atoms with Crippen molar-refractivity contribution >= 4 is 11.3 Å². The van der Waals surface area contributed by atoms with Gasteiger partial charge >= 0.3 is 0 Å². The van der Waals surface area contributed by atoms with Crippen LogP contribution in [0.3, 0.4) is 0 Å². The van der Waals surface area contributed by atoms with Crippen LogP contribution in [0.1, 0.15) is 32.2 Å². The molecule has 0 amide bonds. The van der Waals surface area contributed by atoms with E-state index in [2.05, 4.69) is 29.0 Å². The van der Waals surface area contributed by atoms with E-state index in [4.69, 9.17) is 10.3 Å². The van der Waals surface area contributed by atoms with E-state index >= 15 is 0 Å². The van der Waals surface area contributed by atoms with Gasteiger partial charge < -0.3 is 10.3 Å². The SMILES string of the molecule is CCC(C)C(N)c1nc(-c2cscn2)no1. The van der Waals surface area contributed by atoms with Crippen LogP contribution in [0.2, 0.25) is 0 Å². The summed E-state index contributed by atoms with van der Waals surface area (Å²) in [7, 11) is 0. The predicted octanol–water partition coefficient (Wildman–Crippen LogP) is 2.24. The average molecular weight is 238 g/mol. The van der Waals surface area contributed by atoms with Crippen molar-refractivity contribution in [1.29, 1.82) is 0 Å². The molecule has 2 aromatic rings. The molecule has 0 fully saturated rings. The van der Waals surface area contributed by atoms with Gasteiger partial charge in [0.15, 0.2) is 0 Å². The molecule has 2 atom stereocenters. The molecule has 0 aliphatic heterocycles. The van der Waals surface area contributed by atoms with Crippen molar-refractivity contribution in [1.82, 2.24) is 15.1 Å². The lowest BCUT2D eigenvalue weighted by molar-refractivity contribution is 0.312. The third-order valence-corrected chi connectivity index (χ3v) is 3.23. The minimum atomic E-state index is -0.204. The molecule has 0 spiro atoms. The standard InChI is InChI=1S/C10H14N4OS/c1-3-6(2)8(11)10-13-9(14-15-10)7-4-16-5-12-7/h4-6,8H,3,11H2,1-2H3. The van der Waals surface area contributed by atoms with Crippen molar-refractivity contribution in [3.63, 3.8) is 0 Å². The zero-order chi connectivity index (χ0) is 11.5. The Morgan fingerprint density at radius 3 is 3.00 bits per heavy atom. The predicted molar refractivity (Wildman–Crippen MR) is 61.8 cm³/mol. The van der Waals surface area contributed by atoms with Crippen LogP contribution in [-0.2, 0) is 0 Å². The first-order valence-electron chi connectivity index (χ1n) is 5.20. The molecule has 5 nitrogen and oxygen atoms in total. The van der Waals surface area contributed by atoms with E-state index in [1.807, 2.05) is 5.38 Å². The van der Waals surface area contributed by atoms with Crippen LogP contribution in [0.5, 0.6) is 0 Å². The molecule has 0 aliphatic carbocycles. The number of aromatic nitrogens is 3. The highest BCUT2D eigenvalue weighted by molar-refractivity contribution is 7.07. The highest BCUT2D eigenvalue weighted by Crippen LogP contribution is 2.23. The van der Waals surface area contributed by atoms with E-state index in [1.54, 1.807) is 5.51 Å². The summed E-state index contributed by atoms with van der Waals surface area (Å²) >= 11 is 1.50. The summed E-state index contributed by atoms with van der Waals surface area (Å²) in [5, 5.41) is 5.75. The van der Waals surface area contributed by atoms with Crippen LogP contribution < -0.4 is 5.73 Å². The summed E-state index contributed by atoms with van der Waals surface area (Å²) in [6.07, 6.45) is 0.982. The summed E-state index contributed by atoms with van der Waals surface area (Å²) < 4.78 is 5.15. The van der Waals surface area contributed by atoms with Gasteiger partial charge in [-0.25, -0.2) is 4.98 Å². The maximum absolute atomic E-state index is 6.00. The molecule has 0 saturated carbocycles. The van der Waals surface area contributed by atoms with Crippen LogP contribution >= 0.6 is 11.3 Å². The Morgan fingerprint density at radius 2 is 2.38 bits per heavy atom. The summed E-state index contributed by atoms with van der Waals surface area (Å²) in [5.74, 6) is 1.32.